The Bertz CT molecular complexity index is 1150. The SMILES string of the molecule is CC(NC(=O)c1c(O)c2ccc(-c3ccc(Cl)cc3)cc2n(C)c1=O)C(=O)O. The van der Waals surface area contributed by atoms with Gasteiger partial charge in [0.1, 0.15) is 17.4 Å². The number of aromatic nitrogens is 1. The molecule has 1 heterocycles. The molecule has 1 amide bonds. The number of hydrogen-bond acceptors (Lipinski definition) is 4. The smallest absolute Gasteiger partial charge is 0.325 e. The van der Waals surface area contributed by atoms with E-state index in [1.54, 1.807) is 30.3 Å². The van der Waals surface area contributed by atoms with Gasteiger partial charge >= 0.3 is 5.97 Å². The fourth-order valence-electron chi connectivity index (χ4n) is 2.88. The molecule has 8 heteroatoms. The van der Waals surface area contributed by atoms with Gasteiger partial charge in [0, 0.05) is 17.5 Å². The number of carbonyl (C=O) groups is 2. The predicted molar refractivity (Wildman–Crippen MR) is 106 cm³/mol. The summed E-state index contributed by atoms with van der Waals surface area (Å²) in [4.78, 5) is 36.0. The first-order valence-electron chi connectivity index (χ1n) is 8.36. The van der Waals surface area contributed by atoms with Crippen molar-refractivity contribution in [3.8, 4) is 16.9 Å². The van der Waals surface area contributed by atoms with Crippen molar-refractivity contribution in [1.82, 2.24) is 9.88 Å². The summed E-state index contributed by atoms with van der Waals surface area (Å²) in [5.41, 5.74) is 0.874. The van der Waals surface area contributed by atoms with Gasteiger partial charge in [-0.1, -0.05) is 29.8 Å². The maximum Gasteiger partial charge on any atom is 0.325 e. The predicted octanol–water partition coefficient (Wildman–Crippen LogP) is 2.77. The van der Waals surface area contributed by atoms with Crippen LogP contribution in [0.1, 0.15) is 17.3 Å². The molecular weight excluding hydrogens is 384 g/mol. The lowest BCUT2D eigenvalue weighted by Crippen LogP contribution is -2.41. The summed E-state index contributed by atoms with van der Waals surface area (Å²) >= 11 is 5.91. The van der Waals surface area contributed by atoms with E-state index < -0.39 is 34.8 Å². The van der Waals surface area contributed by atoms with Crippen LogP contribution in [0.2, 0.25) is 5.02 Å². The highest BCUT2D eigenvalue weighted by molar-refractivity contribution is 6.30. The van der Waals surface area contributed by atoms with Crippen molar-refractivity contribution in [2.75, 3.05) is 0 Å². The molecule has 0 aliphatic heterocycles. The maximum absolute atomic E-state index is 12.7. The number of aliphatic carboxylic acids is 1. The van der Waals surface area contributed by atoms with E-state index in [1.807, 2.05) is 12.1 Å². The number of aromatic hydroxyl groups is 1. The minimum Gasteiger partial charge on any atom is -0.506 e. The van der Waals surface area contributed by atoms with Crippen LogP contribution in [0.5, 0.6) is 5.75 Å². The summed E-state index contributed by atoms with van der Waals surface area (Å²) in [7, 11) is 1.48. The van der Waals surface area contributed by atoms with Gasteiger partial charge in [0.15, 0.2) is 0 Å². The quantitative estimate of drug-likeness (QED) is 0.624. The first kappa shape index (κ1) is 19.4. The summed E-state index contributed by atoms with van der Waals surface area (Å²) in [5.74, 6) is -2.69. The molecule has 1 unspecified atom stereocenters. The Morgan fingerprint density at radius 1 is 1.11 bits per heavy atom. The maximum atomic E-state index is 12.7. The summed E-state index contributed by atoms with van der Waals surface area (Å²) < 4.78 is 1.24. The molecule has 0 fully saturated rings. The standard InChI is InChI=1S/C20H17ClN2O5/c1-10(20(27)28)22-18(25)16-17(24)14-8-5-12(9-15(14)23(2)19(16)26)11-3-6-13(21)7-4-11/h3-10,24H,1-2H3,(H,22,25)(H,27,28). The summed E-state index contributed by atoms with van der Waals surface area (Å²) in [5, 5.41) is 22.5. The third kappa shape index (κ3) is 3.44. The van der Waals surface area contributed by atoms with Gasteiger partial charge in [-0.05, 0) is 42.3 Å². The van der Waals surface area contributed by atoms with E-state index in [0.717, 1.165) is 11.1 Å². The second-order valence-corrected chi connectivity index (χ2v) is 6.80. The number of nitrogens with zero attached hydrogens (tertiary/aromatic N) is 1. The van der Waals surface area contributed by atoms with Crippen molar-refractivity contribution in [2.24, 2.45) is 7.05 Å². The lowest BCUT2D eigenvalue weighted by molar-refractivity contribution is -0.138. The first-order chi connectivity index (χ1) is 13.2. The van der Waals surface area contributed by atoms with E-state index in [0.29, 0.717) is 15.9 Å². The Balaban J connectivity index is 2.14. The minimum atomic E-state index is -1.25. The molecule has 3 N–H and O–H groups in total. The number of aryl methyl sites for hydroxylation is 1. The van der Waals surface area contributed by atoms with Crippen LogP contribution in [0.25, 0.3) is 22.0 Å². The van der Waals surface area contributed by atoms with Crippen LogP contribution in [-0.4, -0.2) is 32.7 Å². The largest absolute Gasteiger partial charge is 0.506 e. The molecule has 1 aromatic heterocycles. The van der Waals surface area contributed by atoms with Crippen LogP contribution >= 0.6 is 11.6 Å². The van der Waals surface area contributed by atoms with Gasteiger partial charge in [-0.25, -0.2) is 0 Å². The molecule has 28 heavy (non-hydrogen) atoms. The Kier molecular flexibility index (Phi) is 5.11. The topological polar surface area (TPSA) is 109 Å². The number of rotatable bonds is 4. The Hall–Kier alpha value is -3.32. The lowest BCUT2D eigenvalue weighted by Gasteiger charge is -2.14. The van der Waals surface area contributed by atoms with E-state index in [4.69, 9.17) is 16.7 Å². The fourth-order valence-corrected chi connectivity index (χ4v) is 3.01. The van der Waals surface area contributed by atoms with Crippen molar-refractivity contribution in [1.29, 1.82) is 0 Å². The molecule has 7 nitrogen and oxygen atoms in total. The molecule has 0 radical (unpaired) electrons. The average Bonchev–Trinajstić information content (AvgIpc) is 2.66. The highest BCUT2D eigenvalue weighted by Gasteiger charge is 2.24. The van der Waals surface area contributed by atoms with Crippen molar-refractivity contribution in [3.05, 3.63) is 63.4 Å². The number of carboxylic acids is 1. The Morgan fingerprint density at radius 2 is 1.71 bits per heavy atom. The monoisotopic (exact) mass is 400 g/mol. The molecule has 0 bridgehead atoms. The number of amides is 1. The fraction of sp³-hybridized carbons (Fsp3) is 0.150. The zero-order chi connectivity index (χ0) is 20.6. The van der Waals surface area contributed by atoms with Crippen molar-refractivity contribution < 1.29 is 19.8 Å². The van der Waals surface area contributed by atoms with Gasteiger partial charge in [-0.15, -0.1) is 0 Å². The summed E-state index contributed by atoms with van der Waals surface area (Å²) in [6.45, 7) is 1.27. The molecule has 0 aliphatic rings. The minimum absolute atomic E-state index is 0.299. The number of fused-ring (bicyclic) bond motifs is 1. The number of benzene rings is 2. The highest BCUT2D eigenvalue weighted by Crippen LogP contribution is 2.30. The molecule has 3 aromatic rings. The molecule has 0 saturated heterocycles. The number of carbonyl (C=O) groups excluding carboxylic acids is 1. The third-order valence-electron chi connectivity index (χ3n) is 4.49. The number of hydrogen-bond donors (Lipinski definition) is 3. The van der Waals surface area contributed by atoms with Gasteiger partial charge in [0.2, 0.25) is 0 Å². The van der Waals surface area contributed by atoms with Crippen LogP contribution in [0, 0.1) is 0 Å². The van der Waals surface area contributed by atoms with Gasteiger partial charge in [-0.2, -0.15) is 0 Å². The van der Waals surface area contributed by atoms with E-state index in [2.05, 4.69) is 5.32 Å². The lowest BCUT2D eigenvalue weighted by atomic mass is 10.0. The van der Waals surface area contributed by atoms with Gasteiger partial charge in [0.05, 0.1) is 5.52 Å². The van der Waals surface area contributed by atoms with Crippen molar-refractivity contribution in [3.63, 3.8) is 0 Å². The van der Waals surface area contributed by atoms with Crippen LogP contribution in [0.4, 0.5) is 0 Å². The number of nitrogens with one attached hydrogen (secondary N) is 1. The Labute approximate surface area is 164 Å². The first-order valence-corrected chi connectivity index (χ1v) is 8.74. The molecule has 0 aliphatic carbocycles. The summed E-state index contributed by atoms with van der Waals surface area (Å²) in [6, 6.07) is 11.0. The number of carboxylic acid groups (broad SMARTS) is 1. The van der Waals surface area contributed by atoms with Crippen LogP contribution < -0.4 is 10.9 Å². The second kappa shape index (κ2) is 7.36. The van der Waals surface area contributed by atoms with Crippen LogP contribution in [-0.2, 0) is 11.8 Å². The molecule has 3 rings (SSSR count). The van der Waals surface area contributed by atoms with Crippen molar-refractivity contribution >= 4 is 34.4 Å². The van der Waals surface area contributed by atoms with Gasteiger partial charge in [0.25, 0.3) is 11.5 Å². The molecule has 1 atom stereocenters. The second-order valence-electron chi connectivity index (χ2n) is 6.36. The molecule has 0 saturated carbocycles. The van der Waals surface area contributed by atoms with Gasteiger partial charge in [-0.3, -0.25) is 14.4 Å². The average molecular weight is 401 g/mol. The van der Waals surface area contributed by atoms with E-state index in [9.17, 15) is 19.5 Å². The molecule has 144 valence electrons. The van der Waals surface area contributed by atoms with E-state index in [1.165, 1.54) is 18.5 Å². The highest BCUT2D eigenvalue weighted by atomic mass is 35.5. The molecule has 0 spiro atoms. The molecular formula is C20H17ClN2O5. The van der Waals surface area contributed by atoms with E-state index >= 15 is 0 Å². The summed E-state index contributed by atoms with van der Waals surface area (Å²) in [6.07, 6.45) is 0. The normalized spacial score (nSPS) is 12.0. The number of pyridine rings is 1. The van der Waals surface area contributed by atoms with Crippen LogP contribution in [0.15, 0.2) is 47.3 Å². The third-order valence-corrected chi connectivity index (χ3v) is 4.74. The Morgan fingerprint density at radius 3 is 2.32 bits per heavy atom. The molecule has 2 aromatic carbocycles. The number of halogens is 1. The van der Waals surface area contributed by atoms with Gasteiger partial charge < -0.3 is 20.1 Å². The van der Waals surface area contributed by atoms with Crippen molar-refractivity contribution in [2.45, 2.75) is 13.0 Å². The van der Waals surface area contributed by atoms with E-state index in [-0.39, 0.29) is 0 Å². The zero-order valence-corrected chi connectivity index (χ0v) is 15.8. The van der Waals surface area contributed by atoms with Crippen LogP contribution in [0.3, 0.4) is 0 Å². The zero-order valence-electron chi connectivity index (χ0n) is 15.1.